The number of aromatic nitrogens is 1. The Kier molecular flexibility index (Phi) is 3.05. The van der Waals surface area contributed by atoms with E-state index in [2.05, 4.69) is 4.98 Å². The van der Waals surface area contributed by atoms with Crippen LogP contribution < -0.4 is 5.73 Å². The van der Waals surface area contributed by atoms with Gasteiger partial charge in [0.05, 0.1) is 11.1 Å². The number of hydrogen-bond acceptors (Lipinski definition) is 3. The molecule has 0 spiro atoms. The number of halogens is 1. The molecule has 4 heteroatoms. The number of thiophene rings is 1. The van der Waals surface area contributed by atoms with Gasteiger partial charge in [-0.3, -0.25) is 4.98 Å². The minimum Gasteiger partial charge on any atom is -0.320 e. The smallest absolute Gasteiger partial charge is 0.0676 e. The van der Waals surface area contributed by atoms with E-state index in [1.807, 2.05) is 30.5 Å². The predicted molar refractivity (Wildman–Crippen MR) is 64.3 cm³/mol. The van der Waals surface area contributed by atoms with Gasteiger partial charge >= 0.3 is 0 Å². The van der Waals surface area contributed by atoms with Gasteiger partial charge in [0.25, 0.3) is 0 Å². The van der Waals surface area contributed by atoms with Crippen molar-refractivity contribution in [3.8, 4) is 0 Å². The van der Waals surface area contributed by atoms with Gasteiger partial charge in [0.2, 0.25) is 0 Å². The summed E-state index contributed by atoms with van der Waals surface area (Å²) in [5.41, 5.74) is 8.08. The van der Waals surface area contributed by atoms with Gasteiger partial charge in [0.15, 0.2) is 0 Å². The topological polar surface area (TPSA) is 38.9 Å². The van der Waals surface area contributed by atoms with Gasteiger partial charge in [-0.15, -0.1) is 11.3 Å². The molecule has 2 N–H and O–H groups in total. The zero-order valence-electron chi connectivity index (χ0n) is 8.27. The van der Waals surface area contributed by atoms with E-state index >= 15 is 0 Å². The molecule has 2 aromatic heterocycles. The summed E-state index contributed by atoms with van der Waals surface area (Å²) in [6.45, 7) is 1.95. The van der Waals surface area contributed by atoms with E-state index in [0.717, 1.165) is 21.2 Å². The lowest BCUT2D eigenvalue weighted by Gasteiger charge is -2.10. The summed E-state index contributed by atoms with van der Waals surface area (Å²) in [7, 11) is 0. The Balaban J connectivity index is 2.32. The Labute approximate surface area is 97.7 Å². The molecule has 0 bridgehead atoms. The Morgan fingerprint density at radius 1 is 1.40 bits per heavy atom. The molecule has 78 valence electrons. The number of nitrogens with zero attached hydrogens (tertiary/aromatic N) is 1. The maximum atomic E-state index is 6.10. The van der Waals surface area contributed by atoms with Crippen LogP contribution in [0.25, 0.3) is 0 Å². The van der Waals surface area contributed by atoms with Crippen molar-refractivity contribution in [3.63, 3.8) is 0 Å². The minimum atomic E-state index is -0.175. The van der Waals surface area contributed by atoms with E-state index in [1.165, 1.54) is 0 Å². The largest absolute Gasteiger partial charge is 0.320 e. The van der Waals surface area contributed by atoms with E-state index in [-0.39, 0.29) is 6.04 Å². The molecule has 0 amide bonds. The zero-order valence-corrected chi connectivity index (χ0v) is 9.85. The van der Waals surface area contributed by atoms with Crippen molar-refractivity contribution >= 4 is 22.9 Å². The Hall–Kier alpha value is -0.900. The van der Waals surface area contributed by atoms with Crippen LogP contribution in [0.4, 0.5) is 0 Å². The first-order valence-electron chi connectivity index (χ1n) is 4.59. The third-order valence-electron chi connectivity index (χ3n) is 2.22. The molecular formula is C11H11ClN2S. The Morgan fingerprint density at radius 3 is 2.73 bits per heavy atom. The summed E-state index contributed by atoms with van der Waals surface area (Å²) < 4.78 is 0. The first-order valence-corrected chi connectivity index (χ1v) is 5.85. The molecule has 2 heterocycles. The number of hydrogen-bond donors (Lipinski definition) is 1. The van der Waals surface area contributed by atoms with Gasteiger partial charge in [-0.05, 0) is 30.0 Å². The van der Waals surface area contributed by atoms with Crippen molar-refractivity contribution in [1.29, 1.82) is 0 Å². The highest BCUT2D eigenvalue weighted by molar-refractivity contribution is 7.10. The minimum absolute atomic E-state index is 0.175. The molecule has 0 saturated heterocycles. The lowest BCUT2D eigenvalue weighted by Crippen LogP contribution is -2.10. The number of aryl methyl sites for hydroxylation is 1. The van der Waals surface area contributed by atoms with E-state index in [0.29, 0.717) is 0 Å². The zero-order chi connectivity index (χ0) is 10.8. The van der Waals surface area contributed by atoms with Gasteiger partial charge in [-0.25, -0.2) is 0 Å². The SMILES string of the molecule is Cc1ccc(C(N)c2sccc2Cl)cn1. The first kappa shape index (κ1) is 10.6. The normalized spacial score (nSPS) is 12.7. The molecule has 0 aromatic carbocycles. The fraction of sp³-hybridized carbons (Fsp3) is 0.182. The third kappa shape index (κ3) is 2.20. The van der Waals surface area contributed by atoms with Crippen LogP contribution in [-0.2, 0) is 0 Å². The second kappa shape index (κ2) is 4.31. The monoisotopic (exact) mass is 238 g/mol. The standard InChI is InChI=1S/C11H11ClN2S/c1-7-2-3-8(6-14-7)10(13)11-9(12)4-5-15-11/h2-6,10H,13H2,1H3. The summed E-state index contributed by atoms with van der Waals surface area (Å²) in [4.78, 5) is 5.21. The third-order valence-corrected chi connectivity index (χ3v) is 3.66. The van der Waals surface area contributed by atoms with Gasteiger partial charge < -0.3 is 5.73 Å². The predicted octanol–water partition coefficient (Wildman–Crippen LogP) is 3.15. The number of nitrogens with two attached hydrogens (primary N) is 1. The molecule has 1 unspecified atom stereocenters. The Bertz CT molecular complexity index is 450. The fourth-order valence-electron chi connectivity index (χ4n) is 1.34. The average Bonchev–Trinajstić information content (AvgIpc) is 2.65. The van der Waals surface area contributed by atoms with Crippen molar-refractivity contribution < 1.29 is 0 Å². The van der Waals surface area contributed by atoms with Crippen molar-refractivity contribution in [1.82, 2.24) is 4.98 Å². The Morgan fingerprint density at radius 2 is 2.20 bits per heavy atom. The molecule has 0 aliphatic rings. The summed E-state index contributed by atoms with van der Waals surface area (Å²) in [6.07, 6.45) is 1.80. The van der Waals surface area contributed by atoms with E-state index in [4.69, 9.17) is 17.3 Å². The second-order valence-electron chi connectivity index (χ2n) is 3.34. The maximum Gasteiger partial charge on any atom is 0.0676 e. The molecule has 0 aliphatic carbocycles. The van der Waals surface area contributed by atoms with Crippen LogP contribution in [0.1, 0.15) is 22.2 Å². The molecule has 0 radical (unpaired) electrons. The van der Waals surface area contributed by atoms with Gasteiger partial charge in [-0.2, -0.15) is 0 Å². The molecule has 2 rings (SSSR count). The second-order valence-corrected chi connectivity index (χ2v) is 4.70. The highest BCUT2D eigenvalue weighted by atomic mass is 35.5. The van der Waals surface area contributed by atoms with Crippen LogP contribution in [0.5, 0.6) is 0 Å². The summed E-state index contributed by atoms with van der Waals surface area (Å²) >= 11 is 7.60. The van der Waals surface area contributed by atoms with Crippen LogP contribution in [0.15, 0.2) is 29.8 Å². The van der Waals surface area contributed by atoms with Crippen LogP contribution >= 0.6 is 22.9 Å². The van der Waals surface area contributed by atoms with Crippen LogP contribution in [0.3, 0.4) is 0 Å². The first-order chi connectivity index (χ1) is 7.18. The molecule has 0 saturated carbocycles. The average molecular weight is 239 g/mol. The summed E-state index contributed by atoms with van der Waals surface area (Å²) in [6, 6.07) is 5.63. The maximum absolute atomic E-state index is 6.10. The van der Waals surface area contributed by atoms with Gasteiger partial charge in [-0.1, -0.05) is 17.7 Å². The van der Waals surface area contributed by atoms with E-state index < -0.39 is 0 Å². The van der Waals surface area contributed by atoms with E-state index in [1.54, 1.807) is 17.5 Å². The molecule has 2 nitrogen and oxygen atoms in total. The number of pyridine rings is 1. The quantitative estimate of drug-likeness (QED) is 0.873. The van der Waals surface area contributed by atoms with Crippen LogP contribution in [0, 0.1) is 6.92 Å². The molecule has 0 aliphatic heterocycles. The van der Waals surface area contributed by atoms with Gasteiger partial charge in [0, 0.05) is 16.8 Å². The summed E-state index contributed by atoms with van der Waals surface area (Å²) in [5.74, 6) is 0. The molecular weight excluding hydrogens is 228 g/mol. The van der Waals surface area contributed by atoms with Crippen molar-refractivity contribution in [2.45, 2.75) is 13.0 Å². The molecule has 0 fully saturated rings. The summed E-state index contributed by atoms with van der Waals surface area (Å²) in [5, 5.41) is 2.67. The van der Waals surface area contributed by atoms with E-state index in [9.17, 15) is 0 Å². The highest BCUT2D eigenvalue weighted by Crippen LogP contribution is 2.30. The van der Waals surface area contributed by atoms with Crippen LogP contribution in [-0.4, -0.2) is 4.98 Å². The molecule has 2 aromatic rings. The molecule has 1 atom stereocenters. The molecule has 15 heavy (non-hydrogen) atoms. The number of rotatable bonds is 2. The van der Waals surface area contributed by atoms with Crippen LogP contribution in [0.2, 0.25) is 5.02 Å². The highest BCUT2D eigenvalue weighted by Gasteiger charge is 2.13. The lowest BCUT2D eigenvalue weighted by molar-refractivity contribution is 0.881. The lowest BCUT2D eigenvalue weighted by atomic mass is 10.1. The fourth-order valence-corrected chi connectivity index (χ4v) is 2.54. The van der Waals surface area contributed by atoms with Crippen molar-refractivity contribution in [2.75, 3.05) is 0 Å². The van der Waals surface area contributed by atoms with Crippen molar-refractivity contribution in [2.24, 2.45) is 5.73 Å². The van der Waals surface area contributed by atoms with Gasteiger partial charge in [0.1, 0.15) is 0 Å². The van der Waals surface area contributed by atoms with Crippen molar-refractivity contribution in [3.05, 3.63) is 50.9 Å².